The molecule has 3 rings (SSSR count). The molecule has 0 N–H and O–H groups in total. The summed E-state index contributed by atoms with van der Waals surface area (Å²) < 4.78 is 6.82. The number of imide groups is 1. The minimum absolute atomic E-state index is 0.218. The largest absolute Gasteiger partial charge is 0.488 e. The van der Waals surface area contributed by atoms with Gasteiger partial charge in [-0.05, 0) is 48.0 Å². The first-order chi connectivity index (χ1) is 12.6. The molecule has 0 radical (unpaired) electrons. The van der Waals surface area contributed by atoms with E-state index < -0.39 is 0 Å². The first kappa shape index (κ1) is 18.7. The van der Waals surface area contributed by atoms with Gasteiger partial charge in [0.05, 0.1) is 4.91 Å². The molecular weight excluding hydrogens is 414 g/mol. The van der Waals surface area contributed by atoms with Gasteiger partial charge in [0.15, 0.2) is 0 Å². The fourth-order valence-corrected chi connectivity index (χ4v) is 3.79. The highest BCUT2D eigenvalue weighted by atomic mass is 79.9. The molecule has 0 unspecified atom stereocenters. The highest BCUT2D eigenvalue weighted by Crippen LogP contribution is 2.35. The third-order valence-electron chi connectivity index (χ3n) is 3.82. The van der Waals surface area contributed by atoms with Crippen molar-refractivity contribution in [3.63, 3.8) is 0 Å². The van der Waals surface area contributed by atoms with Gasteiger partial charge in [-0.1, -0.05) is 53.2 Å². The lowest BCUT2D eigenvalue weighted by atomic mass is 10.1. The van der Waals surface area contributed by atoms with E-state index in [0.29, 0.717) is 23.8 Å². The minimum Gasteiger partial charge on any atom is -0.488 e. The predicted molar refractivity (Wildman–Crippen MR) is 108 cm³/mol. The van der Waals surface area contributed by atoms with Gasteiger partial charge in [-0.2, -0.15) is 0 Å². The van der Waals surface area contributed by atoms with Crippen LogP contribution in [0, 0.1) is 0 Å². The number of hydrogen-bond donors (Lipinski definition) is 0. The number of benzene rings is 2. The molecule has 26 heavy (non-hydrogen) atoms. The molecule has 2 aromatic carbocycles. The molecule has 1 aliphatic rings. The maximum Gasteiger partial charge on any atom is 0.293 e. The lowest BCUT2D eigenvalue weighted by Gasteiger charge is -2.11. The smallest absolute Gasteiger partial charge is 0.293 e. The van der Waals surface area contributed by atoms with Gasteiger partial charge in [0.2, 0.25) is 0 Å². The van der Waals surface area contributed by atoms with Crippen molar-refractivity contribution in [3.05, 3.63) is 69.0 Å². The number of amides is 2. The van der Waals surface area contributed by atoms with Crippen molar-refractivity contribution in [3.8, 4) is 5.75 Å². The summed E-state index contributed by atoms with van der Waals surface area (Å²) in [6.07, 6.45) is 2.47. The van der Waals surface area contributed by atoms with Crippen LogP contribution in [0.15, 0.2) is 57.9 Å². The number of ether oxygens (including phenoxy) is 1. The molecule has 1 aliphatic heterocycles. The molecule has 6 heteroatoms. The summed E-state index contributed by atoms with van der Waals surface area (Å²) in [5, 5.41) is -0.218. The third kappa shape index (κ3) is 4.37. The summed E-state index contributed by atoms with van der Waals surface area (Å²) in [6, 6.07) is 15.5. The number of hydrogen-bond acceptors (Lipinski definition) is 4. The molecule has 0 spiro atoms. The molecule has 0 aliphatic carbocycles. The third-order valence-corrected chi connectivity index (χ3v) is 5.22. The van der Waals surface area contributed by atoms with Crippen LogP contribution in [0.3, 0.4) is 0 Å². The number of halogens is 1. The zero-order chi connectivity index (χ0) is 18.5. The van der Waals surface area contributed by atoms with Crippen molar-refractivity contribution in [2.75, 3.05) is 6.54 Å². The molecule has 1 heterocycles. The van der Waals surface area contributed by atoms with Crippen molar-refractivity contribution in [1.29, 1.82) is 0 Å². The van der Waals surface area contributed by atoms with E-state index in [1.165, 1.54) is 4.90 Å². The molecule has 0 bridgehead atoms. The van der Waals surface area contributed by atoms with E-state index in [1.807, 2.05) is 55.5 Å². The Morgan fingerprint density at radius 2 is 1.92 bits per heavy atom. The van der Waals surface area contributed by atoms with Gasteiger partial charge in [-0.3, -0.25) is 14.5 Å². The standard InChI is InChI=1S/C20H18BrNO3S/c1-2-10-22-19(23)18(26-20(22)24)12-15-11-16(21)8-9-17(15)25-13-14-6-4-3-5-7-14/h3-9,11-12H,2,10,13H2,1H3/b18-12+. The first-order valence-electron chi connectivity index (χ1n) is 8.30. The molecule has 134 valence electrons. The highest BCUT2D eigenvalue weighted by Gasteiger charge is 2.34. The van der Waals surface area contributed by atoms with E-state index in [0.717, 1.165) is 33.8 Å². The quantitative estimate of drug-likeness (QED) is 0.568. The van der Waals surface area contributed by atoms with Gasteiger partial charge in [0.1, 0.15) is 12.4 Å². The fraction of sp³-hybridized carbons (Fsp3) is 0.200. The predicted octanol–water partition coefficient (Wildman–Crippen LogP) is 5.47. The molecule has 0 aromatic heterocycles. The second-order valence-corrected chi connectivity index (χ2v) is 7.70. The second kappa shape index (κ2) is 8.56. The zero-order valence-corrected chi connectivity index (χ0v) is 16.7. The van der Waals surface area contributed by atoms with E-state index in [9.17, 15) is 9.59 Å². The van der Waals surface area contributed by atoms with Crippen LogP contribution in [0.5, 0.6) is 5.75 Å². The number of carbonyl (C=O) groups is 2. The van der Waals surface area contributed by atoms with Gasteiger partial charge in [-0.25, -0.2) is 0 Å². The number of nitrogens with zero attached hydrogens (tertiary/aromatic N) is 1. The SMILES string of the molecule is CCCN1C(=O)S/C(=C/c2cc(Br)ccc2OCc2ccccc2)C1=O. The van der Waals surface area contributed by atoms with Gasteiger partial charge in [-0.15, -0.1) is 0 Å². The van der Waals surface area contributed by atoms with Gasteiger partial charge in [0, 0.05) is 16.6 Å². The van der Waals surface area contributed by atoms with Gasteiger partial charge < -0.3 is 4.74 Å². The molecule has 2 aromatic rings. The number of thioether (sulfide) groups is 1. The Kier molecular flexibility index (Phi) is 6.16. The number of carbonyl (C=O) groups excluding carboxylic acids is 2. The molecule has 2 amide bonds. The van der Waals surface area contributed by atoms with Crippen molar-refractivity contribution in [2.24, 2.45) is 0 Å². The minimum atomic E-state index is -0.240. The summed E-state index contributed by atoms with van der Waals surface area (Å²) in [7, 11) is 0. The average molecular weight is 432 g/mol. The Labute approximate surface area is 165 Å². The van der Waals surface area contributed by atoms with Crippen LogP contribution >= 0.6 is 27.7 Å². The molecular formula is C20H18BrNO3S. The molecule has 1 saturated heterocycles. The van der Waals surface area contributed by atoms with Crippen molar-refractivity contribution in [2.45, 2.75) is 20.0 Å². The summed E-state index contributed by atoms with van der Waals surface area (Å²) in [4.78, 5) is 26.2. The van der Waals surface area contributed by atoms with E-state index in [-0.39, 0.29) is 11.1 Å². The second-order valence-electron chi connectivity index (χ2n) is 5.79. The normalized spacial score (nSPS) is 15.8. The summed E-state index contributed by atoms with van der Waals surface area (Å²) >= 11 is 4.42. The first-order valence-corrected chi connectivity index (χ1v) is 9.91. The van der Waals surface area contributed by atoms with E-state index in [2.05, 4.69) is 15.9 Å². The van der Waals surface area contributed by atoms with E-state index >= 15 is 0 Å². The highest BCUT2D eigenvalue weighted by molar-refractivity contribution is 9.10. The summed E-state index contributed by atoms with van der Waals surface area (Å²) in [5.74, 6) is 0.426. The maximum absolute atomic E-state index is 12.4. The Morgan fingerprint density at radius 3 is 2.65 bits per heavy atom. The van der Waals surface area contributed by atoms with Gasteiger partial charge in [0.25, 0.3) is 11.1 Å². The topological polar surface area (TPSA) is 46.6 Å². The Hall–Kier alpha value is -2.05. The van der Waals surface area contributed by atoms with Crippen LogP contribution < -0.4 is 4.74 Å². The van der Waals surface area contributed by atoms with Gasteiger partial charge >= 0.3 is 0 Å². The molecule has 4 nitrogen and oxygen atoms in total. The van der Waals surface area contributed by atoms with Crippen LogP contribution in [0.1, 0.15) is 24.5 Å². The molecule has 0 saturated carbocycles. The summed E-state index contributed by atoms with van der Waals surface area (Å²) in [5.41, 5.74) is 1.82. The Bertz CT molecular complexity index is 851. The van der Waals surface area contributed by atoms with Crippen LogP contribution in [-0.4, -0.2) is 22.6 Å². The lowest BCUT2D eigenvalue weighted by Crippen LogP contribution is -2.28. The molecule has 0 atom stereocenters. The van der Waals surface area contributed by atoms with E-state index in [4.69, 9.17) is 4.74 Å². The van der Waals surface area contributed by atoms with Crippen LogP contribution in [0.4, 0.5) is 4.79 Å². The van der Waals surface area contributed by atoms with Crippen molar-refractivity contribution >= 4 is 44.9 Å². The monoisotopic (exact) mass is 431 g/mol. The van der Waals surface area contributed by atoms with Crippen molar-refractivity contribution < 1.29 is 14.3 Å². The van der Waals surface area contributed by atoms with Crippen LogP contribution in [-0.2, 0) is 11.4 Å². The molecule has 1 fully saturated rings. The average Bonchev–Trinajstić information content (AvgIpc) is 2.90. The Morgan fingerprint density at radius 1 is 1.15 bits per heavy atom. The fourth-order valence-electron chi connectivity index (χ4n) is 2.56. The van der Waals surface area contributed by atoms with Crippen molar-refractivity contribution in [1.82, 2.24) is 4.90 Å². The van der Waals surface area contributed by atoms with E-state index in [1.54, 1.807) is 6.08 Å². The summed E-state index contributed by atoms with van der Waals surface area (Å²) in [6.45, 7) is 2.81. The van der Waals surface area contributed by atoms with Crippen LogP contribution in [0.2, 0.25) is 0 Å². The van der Waals surface area contributed by atoms with Crippen LogP contribution in [0.25, 0.3) is 6.08 Å². The maximum atomic E-state index is 12.4. The zero-order valence-electron chi connectivity index (χ0n) is 14.3. The Balaban J connectivity index is 1.84. The lowest BCUT2D eigenvalue weighted by molar-refractivity contribution is -0.122. The number of rotatable bonds is 6.